The van der Waals surface area contributed by atoms with Crippen LogP contribution in [-0.2, 0) is 0 Å². The molecule has 0 aliphatic carbocycles. The molecule has 0 fully saturated rings. The molecule has 0 atom stereocenters. The molecule has 3 nitrogen and oxygen atoms in total. The summed E-state index contributed by atoms with van der Waals surface area (Å²) in [7, 11) is 0. The maximum absolute atomic E-state index is 8.63. The Kier molecular flexibility index (Phi) is 5.86. The van der Waals surface area contributed by atoms with Gasteiger partial charge in [-0.1, -0.05) is 84.9 Å². The lowest BCUT2D eigenvalue weighted by atomic mass is 9.94. The van der Waals surface area contributed by atoms with E-state index in [0.29, 0.717) is 11.5 Å². The van der Waals surface area contributed by atoms with Gasteiger partial charge in [0.05, 0.1) is 0 Å². The third-order valence-electron chi connectivity index (χ3n) is 5.07. The number of hydrogen-bond donors (Lipinski definition) is 3. The standard InChI is InChI=1S/C16H11N.2C6H6O/c17-14-9-7-12-5-4-10-2-1-3-11-6-8-13(14)16(12)15(10)11;2*7-6-4-2-1-3-5-6/h1-9H,17H2;2*1-5,7H. The second kappa shape index (κ2) is 9.06. The number of benzene rings is 6. The SMILES string of the molecule is Nc1ccc2ccc3cccc4ccc1c2c34.Oc1ccccc1.Oc1ccccc1. The highest BCUT2D eigenvalue weighted by Gasteiger charge is 2.08. The Morgan fingerprint density at radius 1 is 0.419 bits per heavy atom. The summed E-state index contributed by atoms with van der Waals surface area (Å²) in [5.74, 6) is 0.644. The van der Waals surface area contributed by atoms with Crippen molar-refractivity contribution in [3.8, 4) is 11.5 Å². The fraction of sp³-hybridized carbons (Fsp3) is 0. The predicted molar refractivity (Wildman–Crippen MR) is 131 cm³/mol. The van der Waals surface area contributed by atoms with Gasteiger partial charge < -0.3 is 15.9 Å². The average Bonchev–Trinajstić information content (AvgIpc) is 2.81. The van der Waals surface area contributed by atoms with Gasteiger partial charge in [0.1, 0.15) is 11.5 Å². The molecule has 0 unspecified atom stereocenters. The van der Waals surface area contributed by atoms with Crippen molar-refractivity contribution in [2.24, 2.45) is 0 Å². The third-order valence-corrected chi connectivity index (χ3v) is 5.07. The Balaban J connectivity index is 0.000000137. The van der Waals surface area contributed by atoms with Crippen molar-refractivity contribution >= 4 is 38.0 Å². The molecular weight excluding hydrogens is 382 g/mol. The van der Waals surface area contributed by atoms with Gasteiger partial charge in [-0.3, -0.25) is 0 Å². The van der Waals surface area contributed by atoms with E-state index in [1.165, 1.54) is 26.9 Å². The Bertz CT molecular complexity index is 1340. The minimum Gasteiger partial charge on any atom is -0.508 e. The highest BCUT2D eigenvalue weighted by atomic mass is 16.3. The summed E-state index contributed by atoms with van der Waals surface area (Å²) in [6.45, 7) is 0. The highest BCUT2D eigenvalue weighted by molar-refractivity contribution is 6.24. The van der Waals surface area contributed by atoms with Crippen molar-refractivity contribution in [2.45, 2.75) is 0 Å². The molecule has 0 aliphatic rings. The first-order chi connectivity index (χ1) is 15.1. The van der Waals surface area contributed by atoms with Crippen LogP contribution in [0, 0.1) is 0 Å². The molecule has 0 aliphatic heterocycles. The maximum atomic E-state index is 8.63. The summed E-state index contributed by atoms with van der Waals surface area (Å²) in [6.07, 6.45) is 0. The average molecular weight is 405 g/mol. The number of aromatic hydroxyl groups is 2. The summed E-state index contributed by atoms with van der Waals surface area (Å²) in [5, 5.41) is 24.9. The Morgan fingerprint density at radius 2 is 0.871 bits per heavy atom. The van der Waals surface area contributed by atoms with Gasteiger partial charge in [-0.05, 0) is 57.3 Å². The summed E-state index contributed by atoms with van der Waals surface area (Å²) < 4.78 is 0. The molecule has 0 bridgehead atoms. The van der Waals surface area contributed by atoms with E-state index in [-0.39, 0.29) is 0 Å². The lowest BCUT2D eigenvalue weighted by Gasteiger charge is -2.11. The van der Waals surface area contributed by atoms with Crippen molar-refractivity contribution in [1.82, 2.24) is 0 Å². The molecule has 3 heteroatoms. The van der Waals surface area contributed by atoms with Crippen LogP contribution in [0.15, 0.2) is 115 Å². The minimum atomic E-state index is 0.322. The van der Waals surface area contributed by atoms with Crippen molar-refractivity contribution < 1.29 is 10.2 Å². The van der Waals surface area contributed by atoms with E-state index in [2.05, 4.69) is 48.5 Å². The maximum Gasteiger partial charge on any atom is 0.115 e. The lowest BCUT2D eigenvalue weighted by molar-refractivity contribution is 0.475. The molecule has 0 heterocycles. The molecule has 0 saturated carbocycles. The molecule has 0 radical (unpaired) electrons. The van der Waals surface area contributed by atoms with Gasteiger partial charge in [-0.15, -0.1) is 0 Å². The lowest BCUT2D eigenvalue weighted by Crippen LogP contribution is -1.89. The molecule has 0 aromatic heterocycles. The molecule has 6 rings (SSSR count). The number of phenols is 2. The molecule has 31 heavy (non-hydrogen) atoms. The van der Waals surface area contributed by atoms with E-state index >= 15 is 0 Å². The molecule has 0 saturated heterocycles. The van der Waals surface area contributed by atoms with Crippen LogP contribution < -0.4 is 5.73 Å². The molecule has 0 amide bonds. The van der Waals surface area contributed by atoms with Crippen LogP contribution in [0.3, 0.4) is 0 Å². The zero-order valence-corrected chi connectivity index (χ0v) is 16.9. The quantitative estimate of drug-likeness (QED) is 0.189. The number of nitrogen functional groups attached to an aromatic ring is 1. The summed E-state index contributed by atoms with van der Waals surface area (Å²) in [4.78, 5) is 0. The second-order valence-corrected chi connectivity index (χ2v) is 7.18. The topological polar surface area (TPSA) is 66.5 Å². The van der Waals surface area contributed by atoms with Gasteiger partial charge in [-0.2, -0.15) is 0 Å². The molecule has 6 aromatic carbocycles. The summed E-state index contributed by atoms with van der Waals surface area (Å²) in [6, 6.07) is 36.6. The van der Waals surface area contributed by atoms with E-state index < -0.39 is 0 Å². The van der Waals surface area contributed by atoms with Gasteiger partial charge in [0.25, 0.3) is 0 Å². The molecular formula is C28H23NO2. The van der Waals surface area contributed by atoms with Gasteiger partial charge in [0.2, 0.25) is 0 Å². The number of nitrogens with two attached hydrogens (primary N) is 1. The van der Waals surface area contributed by atoms with Crippen LogP contribution in [-0.4, -0.2) is 10.2 Å². The van der Waals surface area contributed by atoms with E-state index in [1.54, 1.807) is 48.5 Å². The van der Waals surface area contributed by atoms with Crippen molar-refractivity contribution in [3.05, 3.63) is 115 Å². The fourth-order valence-electron chi connectivity index (χ4n) is 3.61. The minimum absolute atomic E-state index is 0.322. The van der Waals surface area contributed by atoms with Crippen LogP contribution in [0.2, 0.25) is 0 Å². The normalized spacial score (nSPS) is 10.3. The van der Waals surface area contributed by atoms with Crippen LogP contribution in [0.4, 0.5) is 5.69 Å². The van der Waals surface area contributed by atoms with Gasteiger partial charge in [0, 0.05) is 11.1 Å². The Labute approximate surface area is 181 Å². The fourth-order valence-corrected chi connectivity index (χ4v) is 3.61. The van der Waals surface area contributed by atoms with Crippen LogP contribution in [0.5, 0.6) is 11.5 Å². The largest absolute Gasteiger partial charge is 0.508 e. The van der Waals surface area contributed by atoms with E-state index in [1.807, 2.05) is 18.2 Å². The van der Waals surface area contributed by atoms with Crippen LogP contribution in [0.1, 0.15) is 0 Å². The van der Waals surface area contributed by atoms with E-state index in [0.717, 1.165) is 11.1 Å². The number of phenolic OH excluding ortho intramolecular Hbond substituents is 2. The Hall–Kier alpha value is -4.24. The molecule has 0 spiro atoms. The monoisotopic (exact) mass is 405 g/mol. The Morgan fingerprint density at radius 3 is 1.35 bits per heavy atom. The first-order valence-corrected chi connectivity index (χ1v) is 10.0. The van der Waals surface area contributed by atoms with Crippen LogP contribution in [0.25, 0.3) is 32.3 Å². The summed E-state index contributed by atoms with van der Waals surface area (Å²) in [5.41, 5.74) is 6.92. The number of anilines is 1. The zero-order chi connectivity index (χ0) is 21.6. The predicted octanol–water partition coefficient (Wildman–Crippen LogP) is 6.95. The first kappa shape index (κ1) is 20.0. The molecule has 6 aromatic rings. The third kappa shape index (κ3) is 4.51. The number of rotatable bonds is 0. The smallest absolute Gasteiger partial charge is 0.115 e. The van der Waals surface area contributed by atoms with Gasteiger partial charge in [0.15, 0.2) is 0 Å². The van der Waals surface area contributed by atoms with Crippen LogP contribution >= 0.6 is 0 Å². The number of para-hydroxylation sites is 2. The van der Waals surface area contributed by atoms with Gasteiger partial charge >= 0.3 is 0 Å². The molecule has 4 N–H and O–H groups in total. The summed E-state index contributed by atoms with van der Waals surface area (Å²) >= 11 is 0. The van der Waals surface area contributed by atoms with Crippen molar-refractivity contribution in [2.75, 3.05) is 5.73 Å². The first-order valence-electron chi connectivity index (χ1n) is 10.0. The van der Waals surface area contributed by atoms with Crippen molar-refractivity contribution in [1.29, 1.82) is 0 Å². The highest BCUT2D eigenvalue weighted by Crippen LogP contribution is 2.36. The molecule has 152 valence electrons. The second-order valence-electron chi connectivity index (χ2n) is 7.18. The van der Waals surface area contributed by atoms with Gasteiger partial charge in [-0.25, -0.2) is 0 Å². The van der Waals surface area contributed by atoms with E-state index in [9.17, 15) is 0 Å². The van der Waals surface area contributed by atoms with E-state index in [4.69, 9.17) is 15.9 Å². The number of hydrogen-bond acceptors (Lipinski definition) is 3. The zero-order valence-electron chi connectivity index (χ0n) is 16.9. The van der Waals surface area contributed by atoms with Crippen molar-refractivity contribution in [3.63, 3.8) is 0 Å².